The molecule has 1 N–H and O–H groups in total. The highest BCUT2D eigenvalue weighted by atomic mass is 79.9. The van der Waals surface area contributed by atoms with Crippen molar-refractivity contribution in [3.8, 4) is 0 Å². The van der Waals surface area contributed by atoms with Crippen LogP contribution in [0.15, 0.2) is 16.6 Å². The van der Waals surface area contributed by atoms with E-state index in [1.165, 1.54) is 40.8 Å². The van der Waals surface area contributed by atoms with Crippen LogP contribution in [0.1, 0.15) is 31.4 Å². The molecule has 1 atom stereocenters. The number of nitrogens with one attached hydrogen (secondary N) is 1. The molecule has 0 saturated carbocycles. The Hall–Kier alpha value is -0.540. The van der Waals surface area contributed by atoms with Gasteiger partial charge in [0, 0.05) is 17.6 Å². The summed E-state index contributed by atoms with van der Waals surface area (Å²) in [4.78, 5) is 2.54. The van der Waals surface area contributed by atoms with Gasteiger partial charge in [0.1, 0.15) is 0 Å². The molecule has 1 unspecified atom stereocenters. The van der Waals surface area contributed by atoms with Crippen LogP contribution in [0.25, 0.3) is 0 Å². The molecule has 0 radical (unpaired) electrons. The fourth-order valence-corrected chi connectivity index (χ4v) is 4.01. The van der Waals surface area contributed by atoms with Gasteiger partial charge in [-0.25, -0.2) is 0 Å². The van der Waals surface area contributed by atoms with Gasteiger partial charge < -0.3 is 10.2 Å². The molecule has 1 aromatic rings. The Morgan fingerprint density at radius 3 is 2.75 bits per heavy atom. The normalized spacial score (nSPS) is 19.1. The van der Waals surface area contributed by atoms with Crippen molar-refractivity contribution >= 4 is 21.6 Å². The average Bonchev–Trinajstić information content (AvgIpc) is 2.75. The van der Waals surface area contributed by atoms with E-state index >= 15 is 0 Å². The van der Waals surface area contributed by atoms with Crippen molar-refractivity contribution < 1.29 is 0 Å². The quantitative estimate of drug-likeness (QED) is 0.867. The number of rotatable bonds is 5. The van der Waals surface area contributed by atoms with E-state index in [0.29, 0.717) is 0 Å². The van der Waals surface area contributed by atoms with Crippen LogP contribution in [0.5, 0.6) is 0 Å². The molecule has 3 heteroatoms. The summed E-state index contributed by atoms with van der Waals surface area (Å²) in [6, 6.07) is 4.51. The molecule has 0 bridgehead atoms. The summed E-state index contributed by atoms with van der Waals surface area (Å²) < 4.78 is 1.24. The number of anilines is 1. The van der Waals surface area contributed by atoms with Crippen LogP contribution in [-0.4, -0.2) is 26.2 Å². The van der Waals surface area contributed by atoms with E-state index in [1.807, 2.05) is 0 Å². The number of hydrogen-bond donors (Lipinski definition) is 1. The zero-order valence-electron chi connectivity index (χ0n) is 13.2. The van der Waals surface area contributed by atoms with Crippen molar-refractivity contribution in [1.82, 2.24) is 5.32 Å². The maximum absolute atomic E-state index is 3.74. The first-order valence-corrected chi connectivity index (χ1v) is 8.49. The van der Waals surface area contributed by atoms with Crippen molar-refractivity contribution in [3.63, 3.8) is 0 Å². The molecular formula is C17H27BrN2. The third-order valence-electron chi connectivity index (χ3n) is 3.99. The highest BCUT2D eigenvalue weighted by Crippen LogP contribution is 2.34. The van der Waals surface area contributed by atoms with Crippen LogP contribution in [0, 0.1) is 25.7 Å². The zero-order chi connectivity index (χ0) is 14.7. The molecule has 0 spiro atoms. The van der Waals surface area contributed by atoms with E-state index in [0.717, 1.165) is 24.9 Å². The van der Waals surface area contributed by atoms with Gasteiger partial charge in [0.15, 0.2) is 0 Å². The Morgan fingerprint density at radius 2 is 2.10 bits per heavy atom. The minimum Gasteiger partial charge on any atom is -0.370 e. The molecule has 1 heterocycles. The number of hydrogen-bond acceptors (Lipinski definition) is 2. The summed E-state index contributed by atoms with van der Waals surface area (Å²) in [5.74, 6) is 1.52. The van der Waals surface area contributed by atoms with Gasteiger partial charge in [-0.2, -0.15) is 0 Å². The summed E-state index contributed by atoms with van der Waals surface area (Å²) in [6.45, 7) is 13.5. The van der Waals surface area contributed by atoms with Crippen molar-refractivity contribution in [2.24, 2.45) is 11.8 Å². The second-order valence-corrected chi connectivity index (χ2v) is 7.42. The number of halogens is 1. The van der Waals surface area contributed by atoms with Crippen LogP contribution in [0.4, 0.5) is 5.69 Å². The van der Waals surface area contributed by atoms with Crippen LogP contribution < -0.4 is 10.2 Å². The maximum Gasteiger partial charge on any atom is 0.0540 e. The first-order valence-electron chi connectivity index (χ1n) is 7.69. The minimum absolute atomic E-state index is 0.737. The van der Waals surface area contributed by atoms with Crippen molar-refractivity contribution in [1.29, 1.82) is 0 Å². The Balaban J connectivity index is 1.96. The Bertz CT molecular complexity index is 433. The fourth-order valence-electron chi connectivity index (χ4n) is 3.09. The van der Waals surface area contributed by atoms with Gasteiger partial charge in [-0.15, -0.1) is 0 Å². The van der Waals surface area contributed by atoms with E-state index in [1.54, 1.807) is 0 Å². The topological polar surface area (TPSA) is 15.3 Å². The first-order chi connectivity index (χ1) is 9.47. The van der Waals surface area contributed by atoms with E-state index in [4.69, 9.17) is 0 Å². The molecule has 1 aliphatic heterocycles. The Kier molecular flexibility index (Phi) is 5.50. The molecule has 1 aromatic carbocycles. The van der Waals surface area contributed by atoms with Gasteiger partial charge in [0.2, 0.25) is 0 Å². The lowest BCUT2D eigenvalue weighted by Gasteiger charge is -2.23. The standard InChI is InChI=1S/C17H27BrN2/c1-12(2)9-19-10-15-5-6-20(11-15)17-14(4)7-13(3)8-16(17)18/h7-8,12,15,19H,5-6,9-11H2,1-4H3. The maximum atomic E-state index is 3.74. The molecule has 112 valence electrons. The first kappa shape index (κ1) is 15.8. The average molecular weight is 339 g/mol. The highest BCUT2D eigenvalue weighted by Gasteiger charge is 2.24. The number of aryl methyl sites for hydroxylation is 2. The lowest BCUT2D eigenvalue weighted by molar-refractivity contribution is 0.477. The van der Waals surface area contributed by atoms with E-state index in [2.05, 4.69) is 66.0 Å². The number of nitrogens with zero attached hydrogens (tertiary/aromatic N) is 1. The summed E-state index contributed by atoms with van der Waals surface area (Å²) in [7, 11) is 0. The van der Waals surface area contributed by atoms with Crippen LogP contribution in [-0.2, 0) is 0 Å². The molecule has 2 nitrogen and oxygen atoms in total. The lowest BCUT2D eigenvalue weighted by atomic mass is 10.1. The van der Waals surface area contributed by atoms with E-state index < -0.39 is 0 Å². The predicted molar refractivity (Wildman–Crippen MR) is 91.6 cm³/mol. The smallest absolute Gasteiger partial charge is 0.0540 e. The van der Waals surface area contributed by atoms with Gasteiger partial charge in [-0.1, -0.05) is 19.9 Å². The predicted octanol–water partition coefficient (Wildman–Crippen LogP) is 4.14. The zero-order valence-corrected chi connectivity index (χ0v) is 14.8. The molecule has 2 rings (SSSR count). The van der Waals surface area contributed by atoms with Crippen LogP contribution in [0.3, 0.4) is 0 Å². The van der Waals surface area contributed by atoms with E-state index in [9.17, 15) is 0 Å². The largest absolute Gasteiger partial charge is 0.370 e. The van der Waals surface area contributed by atoms with Crippen LogP contribution in [0.2, 0.25) is 0 Å². The molecular weight excluding hydrogens is 312 g/mol. The van der Waals surface area contributed by atoms with Gasteiger partial charge in [0.25, 0.3) is 0 Å². The minimum atomic E-state index is 0.737. The third kappa shape index (κ3) is 3.98. The monoisotopic (exact) mass is 338 g/mol. The molecule has 0 aliphatic carbocycles. The van der Waals surface area contributed by atoms with Crippen molar-refractivity contribution in [2.45, 2.75) is 34.1 Å². The highest BCUT2D eigenvalue weighted by molar-refractivity contribution is 9.10. The molecule has 1 aliphatic rings. The van der Waals surface area contributed by atoms with Crippen molar-refractivity contribution in [2.75, 3.05) is 31.1 Å². The second-order valence-electron chi connectivity index (χ2n) is 6.57. The lowest BCUT2D eigenvalue weighted by Crippen LogP contribution is -2.29. The molecule has 0 amide bonds. The Morgan fingerprint density at radius 1 is 1.35 bits per heavy atom. The molecule has 1 fully saturated rings. The Labute approximate surface area is 132 Å². The van der Waals surface area contributed by atoms with Crippen LogP contribution >= 0.6 is 15.9 Å². The molecule has 1 saturated heterocycles. The summed E-state index contributed by atoms with van der Waals surface area (Å²) in [5.41, 5.74) is 4.10. The fraction of sp³-hybridized carbons (Fsp3) is 0.647. The summed E-state index contributed by atoms with van der Waals surface area (Å²) >= 11 is 3.74. The SMILES string of the molecule is Cc1cc(C)c(N2CCC(CNCC(C)C)C2)c(Br)c1. The van der Waals surface area contributed by atoms with Gasteiger partial charge in [0.05, 0.1) is 5.69 Å². The summed E-state index contributed by atoms with van der Waals surface area (Å²) in [5, 5.41) is 3.60. The second kappa shape index (κ2) is 6.95. The van der Waals surface area contributed by atoms with Gasteiger partial charge in [-0.05, 0) is 78.3 Å². The van der Waals surface area contributed by atoms with Gasteiger partial charge >= 0.3 is 0 Å². The summed E-state index contributed by atoms with van der Waals surface area (Å²) in [6.07, 6.45) is 1.30. The van der Waals surface area contributed by atoms with Crippen molar-refractivity contribution in [3.05, 3.63) is 27.7 Å². The van der Waals surface area contributed by atoms with E-state index in [-0.39, 0.29) is 0 Å². The molecule has 20 heavy (non-hydrogen) atoms. The van der Waals surface area contributed by atoms with Gasteiger partial charge in [-0.3, -0.25) is 0 Å². The molecule has 0 aromatic heterocycles. The number of benzene rings is 1. The third-order valence-corrected chi connectivity index (χ3v) is 4.59.